The molecule has 2 aliphatic rings. The maximum absolute atomic E-state index is 11.8. The molecule has 1 saturated carbocycles. The average molecular weight is 255 g/mol. The predicted molar refractivity (Wildman–Crippen MR) is 60.4 cm³/mol. The third-order valence-corrected chi connectivity index (χ3v) is 3.77. The van der Waals surface area contributed by atoms with Gasteiger partial charge in [-0.05, 0) is 19.3 Å². The van der Waals surface area contributed by atoms with Crippen LogP contribution in [0.3, 0.4) is 0 Å². The number of likely N-dealkylation sites (tertiary alicyclic amines) is 1. The monoisotopic (exact) mass is 255 g/mol. The highest BCUT2D eigenvalue weighted by molar-refractivity contribution is 5.88. The molecule has 2 rings (SSSR count). The molecule has 2 fully saturated rings. The first kappa shape index (κ1) is 12.9. The summed E-state index contributed by atoms with van der Waals surface area (Å²) >= 11 is 0. The largest absolute Gasteiger partial charge is 0.469 e. The van der Waals surface area contributed by atoms with Gasteiger partial charge in [0.25, 0.3) is 0 Å². The molecule has 1 atom stereocenters. The number of methoxy groups -OCH3 is 2. The van der Waals surface area contributed by atoms with Gasteiger partial charge in [0.2, 0.25) is 5.91 Å². The van der Waals surface area contributed by atoms with E-state index in [1.165, 1.54) is 14.2 Å². The van der Waals surface area contributed by atoms with Crippen molar-refractivity contribution in [1.29, 1.82) is 0 Å². The van der Waals surface area contributed by atoms with Crippen molar-refractivity contribution in [3.63, 3.8) is 0 Å². The molecule has 1 aliphatic heterocycles. The number of amides is 1. The van der Waals surface area contributed by atoms with E-state index in [0.29, 0.717) is 25.7 Å². The smallest absolute Gasteiger partial charge is 0.328 e. The summed E-state index contributed by atoms with van der Waals surface area (Å²) in [6.45, 7) is 0. The van der Waals surface area contributed by atoms with Crippen LogP contribution in [0.5, 0.6) is 0 Å². The number of esters is 2. The fourth-order valence-corrected chi connectivity index (χ4v) is 2.70. The Bertz CT molecular complexity index is 375. The number of hydrogen-bond acceptors (Lipinski definition) is 5. The molecule has 0 radical (unpaired) electrons. The molecule has 0 aromatic carbocycles. The first-order valence-electron chi connectivity index (χ1n) is 6.05. The Morgan fingerprint density at radius 1 is 1.17 bits per heavy atom. The van der Waals surface area contributed by atoms with Crippen molar-refractivity contribution in [2.75, 3.05) is 14.2 Å². The summed E-state index contributed by atoms with van der Waals surface area (Å²) in [5.41, 5.74) is 0. The lowest BCUT2D eigenvalue weighted by Gasteiger charge is -2.41. The fourth-order valence-electron chi connectivity index (χ4n) is 2.70. The SMILES string of the molecule is COC(=O)C1CC(N2C(=O)CCC2C(=O)OC)C1. The van der Waals surface area contributed by atoms with Crippen molar-refractivity contribution in [3.05, 3.63) is 0 Å². The molecule has 1 unspecified atom stereocenters. The number of ether oxygens (including phenoxy) is 2. The van der Waals surface area contributed by atoms with Gasteiger partial charge in [-0.15, -0.1) is 0 Å². The lowest BCUT2D eigenvalue weighted by atomic mass is 9.79. The van der Waals surface area contributed by atoms with Gasteiger partial charge in [0, 0.05) is 12.5 Å². The second-order valence-electron chi connectivity index (χ2n) is 4.72. The zero-order valence-electron chi connectivity index (χ0n) is 10.5. The number of carbonyl (C=O) groups is 3. The molecule has 1 amide bonds. The molecule has 6 heteroatoms. The van der Waals surface area contributed by atoms with Crippen LogP contribution in [0.2, 0.25) is 0 Å². The quantitative estimate of drug-likeness (QED) is 0.669. The van der Waals surface area contributed by atoms with Gasteiger partial charge in [0.05, 0.1) is 20.1 Å². The molecule has 0 bridgehead atoms. The van der Waals surface area contributed by atoms with Crippen LogP contribution < -0.4 is 0 Å². The second kappa shape index (κ2) is 4.96. The Morgan fingerprint density at radius 2 is 1.78 bits per heavy atom. The standard InChI is InChI=1S/C12H17NO5/c1-17-11(15)7-5-8(6-7)13-9(12(16)18-2)3-4-10(13)14/h7-9H,3-6H2,1-2H3. The zero-order valence-corrected chi connectivity index (χ0v) is 10.5. The summed E-state index contributed by atoms with van der Waals surface area (Å²) < 4.78 is 9.36. The topological polar surface area (TPSA) is 72.9 Å². The van der Waals surface area contributed by atoms with Crippen LogP contribution in [-0.4, -0.2) is 49.0 Å². The van der Waals surface area contributed by atoms with Crippen LogP contribution in [-0.2, 0) is 23.9 Å². The molecule has 6 nitrogen and oxygen atoms in total. The van der Waals surface area contributed by atoms with Gasteiger partial charge < -0.3 is 14.4 Å². The van der Waals surface area contributed by atoms with Gasteiger partial charge in [-0.25, -0.2) is 4.79 Å². The summed E-state index contributed by atoms with van der Waals surface area (Å²) in [7, 11) is 2.68. The van der Waals surface area contributed by atoms with Crippen molar-refractivity contribution in [2.45, 2.75) is 37.8 Å². The van der Waals surface area contributed by atoms with Gasteiger partial charge in [0.1, 0.15) is 6.04 Å². The van der Waals surface area contributed by atoms with E-state index in [-0.39, 0.29) is 29.8 Å². The molecule has 1 saturated heterocycles. The summed E-state index contributed by atoms with van der Waals surface area (Å²) in [4.78, 5) is 36.2. The van der Waals surface area contributed by atoms with Crippen LogP contribution in [0.4, 0.5) is 0 Å². The second-order valence-corrected chi connectivity index (χ2v) is 4.72. The summed E-state index contributed by atoms with van der Waals surface area (Å²) in [6, 6.07) is -0.515. The first-order valence-corrected chi connectivity index (χ1v) is 6.05. The highest BCUT2D eigenvalue weighted by Crippen LogP contribution is 2.37. The van der Waals surface area contributed by atoms with Gasteiger partial charge in [-0.1, -0.05) is 0 Å². The predicted octanol–water partition coefficient (Wildman–Crippen LogP) is 0.102. The van der Waals surface area contributed by atoms with Crippen molar-refractivity contribution in [1.82, 2.24) is 4.90 Å². The third-order valence-electron chi connectivity index (χ3n) is 3.77. The summed E-state index contributed by atoms with van der Waals surface area (Å²) in [6.07, 6.45) is 2.03. The van der Waals surface area contributed by atoms with E-state index in [9.17, 15) is 14.4 Å². The van der Waals surface area contributed by atoms with E-state index in [2.05, 4.69) is 4.74 Å². The minimum atomic E-state index is -0.480. The van der Waals surface area contributed by atoms with Crippen molar-refractivity contribution < 1.29 is 23.9 Å². The van der Waals surface area contributed by atoms with E-state index in [0.717, 1.165) is 0 Å². The summed E-state index contributed by atoms with van der Waals surface area (Å²) in [5.74, 6) is -0.791. The molecule has 100 valence electrons. The third kappa shape index (κ3) is 2.07. The number of hydrogen-bond donors (Lipinski definition) is 0. The Balaban J connectivity index is 1.98. The lowest BCUT2D eigenvalue weighted by molar-refractivity contribution is -0.158. The number of carbonyl (C=O) groups excluding carboxylic acids is 3. The van der Waals surface area contributed by atoms with E-state index >= 15 is 0 Å². The highest BCUT2D eigenvalue weighted by atomic mass is 16.5. The maximum atomic E-state index is 11.8. The Kier molecular flexibility index (Phi) is 3.54. The highest BCUT2D eigenvalue weighted by Gasteiger charge is 2.47. The minimum Gasteiger partial charge on any atom is -0.469 e. The summed E-state index contributed by atoms with van der Waals surface area (Å²) in [5, 5.41) is 0. The van der Waals surface area contributed by atoms with Crippen molar-refractivity contribution >= 4 is 17.8 Å². The van der Waals surface area contributed by atoms with E-state index < -0.39 is 6.04 Å². The average Bonchev–Trinajstić information content (AvgIpc) is 2.68. The lowest BCUT2D eigenvalue weighted by Crippen LogP contribution is -2.53. The number of nitrogens with zero attached hydrogens (tertiary/aromatic N) is 1. The normalized spacial score (nSPS) is 30.9. The molecule has 18 heavy (non-hydrogen) atoms. The number of rotatable bonds is 3. The fraction of sp³-hybridized carbons (Fsp3) is 0.750. The Morgan fingerprint density at radius 3 is 2.33 bits per heavy atom. The van der Waals surface area contributed by atoms with Crippen LogP contribution in [0.1, 0.15) is 25.7 Å². The van der Waals surface area contributed by atoms with E-state index in [1.807, 2.05) is 0 Å². The molecule has 1 heterocycles. The Labute approximate surface area is 105 Å². The molecule has 0 spiro atoms. The molecule has 0 aromatic rings. The zero-order chi connectivity index (χ0) is 13.3. The van der Waals surface area contributed by atoms with Gasteiger partial charge in [-0.2, -0.15) is 0 Å². The molecule has 1 aliphatic carbocycles. The van der Waals surface area contributed by atoms with Crippen molar-refractivity contribution in [3.8, 4) is 0 Å². The van der Waals surface area contributed by atoms with E-state index in [4.69, 9.17) is 4.74 Å². The van der Waals surface area contributed by atoms with Crippen LogP contribution in [0, 0.1) is 5.92 Å². The first-order chi connectivity index (χ1) is 8.58. The minimum absolute atomic E-state index is 0.0290. The molecule has 0 N–H and O–H groups in total. The van der Waals surface area contributed by atoms with Crippen LogP contribution in [0.15, 0.2) is 0 Å². The van der Waals surface area contributed by atoms with Gasteiger partial charge in [-0.3, -0.25) is 9.59 Å². The van der Waals surface area contributed by atoms with E-state index in [1.54, 1.807) is 4.90 Å². The molecule has 0 aromatic heterocycles. The molecular formula is C12H17NO5. The van der Waals surface area contributed by atoms with Crippen molar-refractivity contribution in [2.24, 2.45) is 5.92 Å². The van der Waals surface area contributed by atoms with Gasteiger partial charge in [0.15, 0.2) is 0 Å². The molecular weight excluding hydrogens is 238 g/mol. The maximum Gasteiger partial charge on any atom is 0.328 e. The van der Waals surface area contributed by atoms with Crippen LogP contribution in [0.25, 0.3) is 0 Å². The Hall–Kier alpha value is -1.59. The van der Waals surface area contributed by atoms with Crippen LogP contribution >= 0.6 is 0 Å². The van der Waals surface area contributed by atoms with Gasteiger partial charge >= 0.3 is 11.9 Å².